The minimum Gasteiger partial charge on any atom is -0.492 e. The number of amides is 2. The van der Waals surface area contributed by atoms with E-state index in [0.29, 0.717) is 35.3 Å². The van der Waals surface area contributed by atoms with Gasteiger partial charge in [-0.15, -0.1) is 0 Å². The molecule has 0 saturated heterocycles. The Kier molecular flexibility index (Phi) is 6.95. The molecule has 0 aliphatic carbocycles. The number of carbonyl (C=O) groups is 2. The number of nitrogens with zero attached hydrogens (tertiary/aromatic N) is 1. The second kappa shape index (κ2) is 10.2. The lowest BCUT2D eigenvalue weighted by Gasteiger charge is -2.29. The van der Waals surface area contributed by atoms with Crippen LogP contribution in [0.15, 0.2) is 72.8 Å². The van der Waals surface area contributed by atoms with Crippen molar-refractivity contribution in [3.63, 3.8) is 0 Å². The van der Waals surface area contributed by atoms with E-state index in [1.807, 2.05) is 43.3 Å². The summed E-state index contributed by atoms with van der Waals surface area (Å²) >= 11 is 5.88. The Morgan fingerprint density at radius 2 is 1.88 bits per heavy atom. The normalized spacial score (nSPS) is 12.9. The Bertz CT molecular complexity index is 1170. The van der Waals surface area contributed by atoms with Crippen LogP contribution in [0.5, 0.6) is 11.5 Å². The van der Waals surface area contributed by atoms with E-state index < -0.39 is 0 Å². The lowest BCUT2D eigenvalue weighted by Crippen LogP contribution is -2.41. The number of ether oxygens (including phenoxy) is 2. The number of aryl methyl sites for hydroxylation is 1. The zero-order chi connectivity index (χ0) is 23.2. The van der Waals surface area contributed by atoms with Crippen LogP contribution in [0, 0.1) is 6.92 Å². The first-order valence-corrected chi connectivity index (χ1v) is 10.9. The first-order valence-electron chi connectivity index (χ1n) is 10.5. The van der Waals surface area contributed by atoms with E-state index in [1.54, 1.807) is 41.3 Å². The van der Waals surface area contributed by atoms with E-state index in [9.17, 15) is 9.59 Å². The van der Waals surface area contributed by atoms with Crippen molar-refractivity contribution >= 4 is 40.9 Å². The second-order valence-corrected chi connectivity index (χ2v) is 7.99. The molecule has 1 heterocycles. The molecule has 2 amide bonds. The van der Waals surface area contributed by atoms with Crippen LogP contribution in [0.4, 0.5) is 11.4 Å². The van der Waals surface area contributed by atoms with E-state index in [2.05, 4.69) is 5.32 Å². The van der Waals surface area contributed by atoms with Gasteiger partial charge >= 0.3 is 0 Å². The second-order valence-electron chi connectivity index (χ2n) is 7.55. The standard InChI is InChI=1S/C26H23ClN2O4/c1-18-2-10-22(11-3-18)32-15-14-29-23-16-21(9-12-24(23)33-17-26(29)31)28-25(30)13-6-19-4-7-20(27)8-5-19/h2-13,16H,14-15,17H2,1H3,(H,28,30)/b13-6+. The molecular weight excluding hydrogens is 440 g/mol. The summed E-state index contributed by atoms with van der Waals surface area (Å²) in [6.07, 6.45) is 3.14. The maximum atomic E-state index is 12.5. The molecule has 0 radical (unpaired) electrons. The molecule has 7 heteroatoms. The minimum atomic E-state index is -0.290. The fraction of sp³-hybridized carbons (Fsp3) is 0.154. The summed E-state index contributed by atoms with van der Waals surface area (Å²) in [5.41, 5.74) is 3.16. The number of fused-ring (bicyclic) bond motifs is 1. The van der Waals surface area contributed by atoms with E-state index in [0.717, 1.165) is 16.9 Å². The van der Waals surface area contributed by atoms with E-state index in [4.69, 9.17) is 21.1 Å². The van der Waals surface area contributed by atoms with Gasteiger partial charge in [0.25, 0.3) is 5.91 Å². The van der Waals surface area contributed by atoms with Crippen LogP contribution >= 0.6 is 11.6 Å². The third-order valence-electron chi connectivity index (χ3n) is 5.07. The van der Waals surface area contributed by atoms with Gasteiger partial charge in [-0.3, -0.25) is 9.59 Å². The highest BCUT2D eigenvalue weighted by molar-refractivity contribution is 6.30. The van der Waals surface area contributed by atoms with Gasteiger partial charge < -0.3 is 19.7 Å². The molecule has 0 fully saturated rings. The lowest BCUT2D eigenvalue weighted by molar-refractivity contribution is -0.121. The molecule has 1 aliphatic heterocycles. The molecule has 3 aromatic rings. The number of benzene rings is 3. The molecule has 0 spiro atoms. The number of halogens is 1. The Hall–Kier alpha value is -3.77. The lowest BCUT2D eigenvalue weighted by atomic mass is 10.2. The molecule has 0 atom stereocenters. The predicted octanol–water partition coefficient (Wildman–Crippen LogP) is 5.10. The van der Waals surface area contributed by atoms with Gasteiger partial charge in [-0.2, -0.15) is 0 Å². The van der Waals surface area contributed by atoms with Crippen molar-refractivity contribution in [2.75, 3.05) is 30.0 Å². The average Bonchev–Trinajstić information content (AvgIpc) is 2.81. The number of carbonyl (C=O) groups excluding carboxylic acids is 2. The summed E-state index contributed by atoms with van der Waals surface area (Å²) in [6, 6.07) is 20.1. The highest BCUT2D eigenvalue weighted by Crippen LogP contribution is 2.34. The van der Waals surface area contributed by atoms with Gasteiger partial charge in [0, 0.05) is 16.8 Å². The number of hydrogen-bond donors (Lipinski definition) is 1. The molecule has 0 unspecified atom stereocenters. The molecule has 1 N–H and O–H groups in total. The van der Waals surface area contributed by atoms with Crippen molar-refractivity contribution in [2.45, 2.75) is 6.92 Å². The molecule has 3 aromatic carbocycles. The largest absolute Gasteiger partial charge is 0.492 e. The zero-order valence-corrected chi connectivity index (χ0v) is 18.8. The van der Waals surface area contributed by atoms with Crippen LogP contribution in [0.2, 0.25) is 5.02 Å². The summed E-state index contributed by atoms with van der Waals surface area (Å²) < 4.78 is 11.3. The van der Waals surface area contributed by atoms with Gasteiger partial charge in [0.1, 0.15) is 18.1 Å². The van der Waals surface area contributed by atoms with Gasteiger partial charge in [0.2, 0.25) is 5.91 Å². The topological polar surface area (TPSA) is 67.9 Å². The molecule has 0 aromatic heterocycles. The predicted molar refractivity (Wildman–Crippen MR) is 130 cm³/mol. The van der Waals surface area contributed by atoms with Crippen molar-refractivity contribution in [1.29, 1.82) is 0 Å². The fourth-order valence-electron chi connectivity index (χ4n) is 3.34. The monoisotopic (exact) mass is 462 g/mol. The number of anilines is 2. The molecular formula is C26H23ClN2O4. The van der Waals surface area contributed by atoms with Crippen LogP contribution in [0.25, 0.3) is 6.08 Å². The summed E-state index contributed by atoms with van der Waals surface area (Å²) in [6.45, 7) is 2.66. The third-order valence-corrected chi connectivity index (χ3v) is 5.32. The molecule has 6 nitrogen and oxygen atoms in total. The van der Waals surface area contributed by atoms with Crippen molar-refractivity contribution in [3.8, 4) is 11.5 Å². The molecule has 168 valence electrons. The highest BCUT2D eigenvalue weighted by atomic mass is 35.5. The summed E-state index contributed by atoms with van der Waals surface area (Å²) in [5.74, 6) is 0.873. The summed E-state index contributed by atoms with van der Waals surface area (Å²) in [5, 5.41) is 3.46. The van der Waals surface area contributed by atoms with Crippen LogP contribution in [0.1, 0.15) is 11.1 Å². The number of rotatable bonds is 7. The SMILES string of the molecule is Cc1ccc(OCCN2C(=O)COc3ccc(NC(=O)/C=C/c4ccc(Cl)cc4)cc32)cc1. The minimum absolute atomic E-state index is 0.0347. The van der Waals surface area contributed by atoms with Crippen molar-refractivity contribution in [2.24, 2.45) is 0 Å². The fourth-order valence-corrected chi connectivity index (χ4v) is 3.47. The van der Waals surface area contributed by atoms with Gasteiger partial charge in [0.05, 0.1) is 12.2 Å². The Morgan fingerprint density at radius 1 is 1.12 bits per heavy atom. The Morgan fingerprint density at radius 3 is 2.64 bits per heavy atom. The van der Waals surface area contributed by atoms with Crippen LogP contribution in [-0.4, -0.2) is 31.6 Å². The first-order chi connectivity index (χ1) is 16.0. The van der Waals surface area contributed by atoms with Crippen molar-refractivity contribution < 1.29 is 19.1 Å². The van der Waals surface area contributed by atoms with E-state index in [1.165, 1.54) is 6.08 Å². The Labute approximate surface area is 197 Å². The highest BCUT2D eigenvalue weighted by Gasteiger charge is 2.26. The van der Waals surface area contributed by atoms with E-state index >= 15 is 0 Å². The molecule has 1 aliphatic rings. The maximum absolute atomic E-state index is 12.5. The third kappa shape index (κ3) is 5.93. The van der Waals surface area contributed by atoms with Gasteiger partial charge in [-0.05, 0) is 61.0 Å². The first kappa shape index (κ1) is 22.4. The number of hydrogen-bond acceptors (Lipinski definition) is 4. The zero-order valence-electron chi connectivity index (χ0n) is 18.1. The van der Waals surface area contributed by atoms with Crippen molar-refractivity contribution in [1.82, 2.24) is 0 Å². The van der Waals surface area contributed by atoms with Crippen molar-refractivity contribution in [3.05, 3.63) is 89.0 Å². The average molecular weight is 463 g/mol. The van der Waals surface area contributed by atoms with Gasteiger partial charge in [-0.1, -0.05) is 41.4 Å². The molecule has 33 heavy (non-hydrogen) atoms. The van der Waals surface area contributed by atoms with Crippen LogP contribution in [0.3, 0.4) is 0 Å². The smallest absolute Gasteiger partial charge is 0.265 e. The Balaban J connectivity index is 1.41. The summed E-state index contributed by atoms with van der Waals surface area (Å²) in [7, 11) is 0. The summed E-state index contributed by atoms with van der Waals surface area (Å²) in [4.78, 5) is 26.5. The van der Waals surface area contributed by atoms with Gasteiger partial charge in [0.15, 0.2) is 6.61 Å². The quantitative estimate of drug-likeness (QED) is 0.496. The maximum Gasteiger partial charge on any atom is 0.265 e. The molecule has 0 bridgehead atoms. The molecule has 0 saturated carbocycles. The van der Waals surface area contributed by atoms with E-state index in [-0.39, 0.29) is 18.4 Å². The molecule has 4 rings (SSSR count). The van der Waals surface area contributed by atoms with Crippen LogP contribution < -0.4 is 19.7 Å². The van der Waals surface area contributed by atoms with Crippen LogP contribution in [-0.2, 0) is 9.59 Å². The number of nitrogens with one attached hydrogen (secondary N) is 1. The van der Waals surface area contributed by atoms with Gasteiger partial charge in [-0.25, -0.2) is 0 Å².